The van der Waals surface area contributed by atoms with Crippen LogP contribution in [0.4, 0.5) is 5.69 Å². The van der Waals surface area contributed by atoms with Gasteiger partial charge in [0.2, 0.25) is 5.91 Å². The van der Waals surface area contributed by atoms with E-state index in [1.54, 1.807) is 32.4 Å². The molecule has 1 atom stereocenters. The van der Waals surface area contributed by atoms with Gasteiger partial charge in [-0.2, -0.15) is 0 Å². The molecule has 1 amide bonds. The highest BCUT2D eigenvalue weighted by Crippen LogP contribution is 2.29. The molecule has 0 fully saturated rings. The van der Waals surface area contributed by atoms with E-state index in [1.807, 2.05) is 45.0 Å². The second kappa shape index (κ2) is 10.6. The second-order valence-corrected chi connectivity index (χ2v) is 6.91. The van der Waals surface area contributed by atoms with Crippen molar-refractivity contribution >= 4 is 11.6 Å². The third-order valence-electron chi connectivity index (χ3n) is 4.12. The maximum Gasteiger partial charge on any atom is 0.226 e. The first kappa shape index (κ1) is 21.6. The van der Waals surface area contributed by atoms with Gasteiger partial charge in [0.25, 0.3) is 0 Å². The Balaban J connectivity index is 1.82. The van der Waals surface area contributed by atoms with Gasteiger partial charge in [-0.05, 0) is 50.6 Å². The second-order valence-electron chi connectivity index (χ2n) is 6.91. The zero-order valence-corrected chi connectivity index (χ0v) is 17.2. The minimum Gasteiger partial charge on any atom is -0.497 e. The van der Waals surface area contributed by atoms with Gasteiger partial charge in [0, 0.05) is 25.1 Å². The van der Waals surface area contributed by atoms with E-state index in [0.717, 1.165) is 11.3 Å². The van der Waals surface area contributed by atoms with Crippen molar-refractivity contribution in [1.29, 1.82) is 0 Å². The fraction of sp³-hybridized carbons (Fsp3) is 0.409. The van der Waals surface area contributed by atoms with E-state index in [2.05, 4.69) is 10.6 Å². The average Bonchev–Trinajstić information content (AvgIpc) is 2.67. The van der Waals surface area contributed by atoms with Crippen LogP contribution in [0.15, 0.2) is 42.5 Å². The minimum atomic E-state index is -0.0795. The molecule has 2 rings (SSSR count). The Hall–Kier alpha value is -2.73. The summed E-state index contributed by atoms with van der Waals surface area (Å²) in [7, 11) is 3.15. The van der Waals surface area contributed by atoms with E-state index >= 15 is 0 Å². The Bertz CT molecular complexity index is 760. The predicted molar refractivity (Wildman–Crippen MR) is 111 cm³/mol. The number of carbonyl (C=O) groups excluding carboxylic acids is 1. The summed E-state index contributed by atoms with van der Waals surface area (Å²) in [5, 5.41) is 6.26. The number of ether oxygens (including phenoxy) is 3. The largest absolute Gasteiger partial charge is 0.497 e. The molecule has 0 radical (unpaired) electrons. The highest BCUT2D eigenvalue weighted by molar-refractivity contribution is 5.92. The maximum atomic E-state index is 12.3. The number of methoxy groups -OCH3 is 2. The fourth-order valence-corrected chi connectivity index (χ4v) is 2.70. The normalized spacial score (nSPS) is 11.8. The van der Waals surface area contributed by atoms with Crippen LogP contribution in [-0.2, 0) is 11.3 Å². The van der Waals surface area contributed by atoms with Crippen LogP contribution in [0.1, 0.15) is 32.8 Å². The highest BCUT2D eigenvalue weighted by atomic mass is 16.5. The highest BCUT2D eigenvalue weighted by Gasteiger charge is 2.12. The summed E-state index contributed by atoms with van der Waals surface area (Å²) < 4.78 is 16.1. The van der Waals surface area contributed by atoms with Crippen molar-refractivity contribution in [3.8, 4) is 17.2 Å². The van der Waals surface area contributed by atoms with Crippen molar-refractivity contribution in [2.75, 3.05) is 19.5 Å². The summed E-state index contributed by atoms with van der Waals surface area (Å²) in [6.07, 6.45) is 0.510. The zero-order valence-electron chi connectivity index (χ0n) is 17.2. The molecule has 0 aliphatic rings. The SMILES string of the molecule is COc1ccc(NC(=O)CC(C)NCc2ccc(OC(C)C)cc2)c(OC)c1. The van der Waals surface area contributed by atoms with E-state index in [4.69, 9.17) is 14.2 Å². The number of carbonyl (C=O) groups is 1. The molecule has 0 aliphatic carbocycles. The van der Waals surface area contributed by atoms with Gasteiger partial charge in [0.1, 0.15) is 17.2 Å². The molecule has 6 heteroatoms. The number of anilines is 1. The first-order chi connectivity index (χ1) is 13.4. The summed E-state index contributed by atoms with van der Waals surface area (Å²) >= 11 is 0. The molecule has 2 aromatic carbocycles. The Morgan fingerprint density at radius 2 is 1.64 bits per heavy atom. The third-order valence-corrected chi connectivity index (χ3v) is 4.12. The summed E-state index contributed by atoms with van der Waals surface area (Å²) in [5.41, 5.74) is 1.77. The van der Waals surface area contributed by atoms with Gasteiger partial charge in [0.05, 0.1) is 26.0 Å². The smallest absolute Gasteiger partial charge is 0.226 e. The standard InChI is InChI=1S/C22H30N2O4/c1-15(2)28-18-8-6-17(7-9-18)14-23-16(3)12-22(25)24-20-11-10-19(26-4)13-21(20)27-5/h6-11,13,15-16,23H,12,14H2,1-5H3,(H,24,25). The average molecular weight is 386 g/mol. The molecular weight excluding hydrogens is 356 g/mol. The van der Waals surface area contributed by atoms with Crippen molar-refractivity contribution in [2.45, 2.75) is 45.9 Å². The minimum absolute atomic E-state index is 0.0239. The molecule has 0 spiro atoms. The van der Waals surface area contributed by atoms with Crippen LogP contribution in [0, 0.1) is 0 Å². The van der Waals surface area contributed by atoms with Crippen molar-refractivity contribution in [2.24, 2.45) is 0 Å². The number of hydrogen-bond acceptors (Lipinski definition) is 5. The lowest BCUT2D eigenvalue weighted by atomic mass is 10.1. The van der Waals surface area contributed by atoms with Crippen molar-refractivity contribution in [3.05, 3.63) is 48.0 Å². The Morgan fingerprint density at radius 3 is 2.25 bits per heavy atom. The first-order valence-electron chi connectivity index (χ1n) is 9.42. The van der Waals surface area contributed by atoms with Gasteiger partial charge in [-0.15, -0.1) is 0 Å². The maximum absolute atomic E-state index is 12.3. The molecule has 2 N–H and O–H groups in total. The van der Waals surface area contributed by atoms with Crippen LogP contribution >= 0.6 is 0 Å². The van der Waals surface area contributed by atoms with Gasteiger partial charge >= 0.3 is 0 Å². The number of benzene rings is 2. The van der Waals surface area contributed by atoms with E-state index in [0.29, 0.717) is 30.2 Å². The molecule has 152 valence electrons. The molecule has 0 saturated carbocycles. The van der Waals surface area contributed by atoms with E-state index in [9.17, 15) is 4.79 Å². The topological polar surface area (TPSA) is 68.8 Å². The lowest BCUT2D eigenvalue weighted by Gasteiger charge is -2.16. The van der Waals surface area contributed by atoms with E-state index < -0.39 is 0 Å². The fourth-order valence-electron chi connectivity index (χ4n) is 2.70. The molecule has 0 bridgehead atoms. The summed E-state index contributed by atoms with van der Waals surface area (Å²) in [6, 6.07) is 13.3. The van der Waals surface area contributed by atoms with E-state index in [-0.39, 0.29) is 18.1 Å². The van der Waals surface area contributed by atoms with Crippen molar-refractivity contribution < 1.29 is 19.0 Å². The zero-order chi connectivity index (χ0) is 20.5. The van der Waals surface area contributed by atoms with Crippen LogP contribution in [0.2, 0.25) is 0 Å². The molecule has 6 nitrogen and oxygen atoms in total. The van der Waals surface area contributed by atoms with Crippen LogP contribution in [0.25, 0.3) is 0 Å². The Labute approximate surface area is 167 Å². The van der Waals surface area contributed by atoms with Crippen LogP contribution in [0.5, 0.6) is 17.2 Å². The molecule has 28 heavy (non-hydrogen) atoms. The number of rotatable bonds is 10. The van der Waals surface area contributed by atoms with Gasteiger partial charge < -0.3 is 24.8 Å². The van der Waals surface area contributed by atoms with Crippen LogP contribution < -0.4 is 24.8 Å². The molecule has 2 aromatic rings. The lowest BCUT2D eigenvalue weighted by Crippen LogP contribution is -2.30. The molecular formula is C22H30N2O4. The molecule has 1 unspecified atom stereocenters. The predicted octanol–water partition coefficient (Wildman–Crippen LogP) is 4.00. The summed E-state index contributed by atoms with van der Waals surface area (Å²) in [6.45, 7) is 6.68. The third kappa shape index (κ3) is 6.78. The van der Waals surface area contributed by atoms with Crippen molar-refractivity contribution in [3.63, 3.8) is 0 Å². The number of amides is 1. The van der Waals surface area contributed by atoms with Crippen molar-refractivity contribution in [1.82, 2.24) is 5.32 Å². The van der Waals surface area contributed by atoms with Gasteiger partial charge in [0.15, 0.2) is 0 Å². The van der Waals surface area contributed by atoms with Crippen LogP contribution in [-0.4, -0.2) is 32.3 Å². The molecule has 0 aromatic heterocycles. The van der Waals surface area contributed by atoms with E-state index in [1.165, 1.54) is 0 Å². The lowest BCUT2D eigenvalue weighted by molar-refractivity contribution is -0.116. The monoisotopic (exact) mass is 386 g/mol. The Morgan fingerprint density at radius 1 is 0.964 bits per heavy atom. The van der Waals surface area contributed by atoms with Crippen LogP contribution in [0.3, 0.4) is 0 Å². The van der Waals surface area contributed by atoms with Gasteiger partial charge in [-0.25, -0.2) is 0 Å². The quantitative estimate of drug-likeness (QED) is 0.646. The molecule has 0 heterocycles. The number of nitrogens with one attached hydrogen (secondary N) is 2. The summed E-state index contributed by atoms with van der Waals surface area (Å²) in [5.74, 6) is 2.02. The van der Waals surface area contributed by atoms with Gasteiger partial charge in [-0.3, -0.25) is 4.79 Å². The first-order valence-corrected chi connectivity index (χ1v) is 9.42. The number of hydrogen-bond donors (Lipinski definition) is 2. The van der Waals surface area contributed by atoms with Gasteiger partial charge in [-0.1, -0.05) is 12.1 Å². The Kier molecular flexibility index (Phi) is 8.14. The molecule has 0 aliphatic heterocycles. The summed E-state index contributed by atoms with van der Waals surface area (Å²) in [4.78, 5) is 12.3. The molecule has 0 saturated heterocycles.